The number of benzene rings is 1. The molecule has 0 aliphatic heterocycles. The molecule has 0 atom stereocenters. The van der Waals surface area contributed by atoms with Crippen LogP contribution in [-0.4, -0.2) is 21.3 Å². The number of fused-ring (bicyclic) bond motifs is 1. The van der Waals surface area contributed by atoms with Gasteiger partial charge in [-0.1, -0.05) is 11.3 Å². The number of aromatic nitrogens is 3. The highest BCUT2D eigenvalue weighted by Crippen LogP contribution is 2.13. The first-order valence-electron chi connectivity index (χ1n) is 3.74. The summed E-state index contributed by atoms with van der Waals surface area (Å²) in [6.45, 7) is 0.0972. The number of aldehydes is 1. The average Bonchev–Trinajstić information content (AvgIpc) is 2.51. The quantitative estimate of drug-likeness (QED) is 0.639. The van der Waals surface area contributed by atoms with Gasteiger partial charge in [0.2, 0.25) is 0 Å². The fourth-order valence-corrected chi connectivity index (χ4v) is 1.16. The van der Waals surface area contributed by atoms with Crippen LogP contribution in [0.4, 0.5) is 4.39 Å². The molecule has 1 aromatic heterocycles. The molecule has 5 heteroatoms. The van der Waals surface area contributed by atoms with Crippen LogP contribution in [0.5, 0.6) is 0 Å². The normalized spacial score (nSPS) is 10.5. The molecule has 0 fully saturated rings. The number of carbonyl (C=O) groups is 1. The second-order valence-electron chi connectivity index (χ2n) is 2.55. The van der Waals surface area contributed by atoms with Gasteiger partial charge in [0.15, 0.2) is 5.82 Å². The highest BCUT2D eigenvalue weighted by Gasteiger charge is 2.06. The molecule has 2 aromatic rings. The van der Waals surface area contributed by atoms with E-state index in [0.717, 1.165) is 0 Å². The molecule has 13 heavy (non-hydrogen) atoms. The van der Waals surface area contributed by atoms with Crippen molar-refractivity contribution < 1.29 is 9.18 Å². The van der Waals surface area contributed by atoms with Gasteiger partial charge in [0.1, 0.15) is 11.8 Å². The highest BCUT2D eigenvalue weighted by molar-refractivity contribution is 5.75. The van der Waals surface area contributed by atoms with E-state index < -0.39 is 5.82 Å². The van der Waals surface area contributed by atoms with Gasteiger partial charge >= 0.3 is 0 Å². The van der Waals surface area contributed by atoms with Gasteiger partial charge in [-0.15, -0.1) is 5.10 Å². The molecular formula is C8H6FN3O. The summed E-state index contributed by atoms with van der Waals surface area (Å²) in [5.41, 5.74) is 0.733. The fourth-order valence-electron chi connectivity index (χ4n) is 1.16. The van der Waals surface area contributed by atoms with Gasteiger partial charge < -0.3 is 4.79 Å². The topological polar surface area (TPSA) is 47.8 Å². The van der Waals surface area contributed by atoms with Crippen molar-refractivity contribution in [3.05, 3.63) is 24.0 Å². The minimum atomic E-state index is -0.422. The predicted molar refractivity (Wildman–Crippen MR) is 43.6 cm³/mol. The summed E-state index contributed by atoms with van der Waals surface area (Å²) < 4.78 is 14.4. The van der Waals surface area contributed by atoms with Gasteiger partial charge in [-0.05, 0) is 12.1 Å². The molecular weight excluding hydrogens is 173 g/mol. The molecule has 0 saturated heterocycles. The van der Waals surface area contributed by atoms with Crippen molar-refractivity contribution in [3.8, 4) is 0 Å². The second-order valence-corrected chi connectivity index (χ2v) is 2.55. The van der Waals surface area contributed by atoms with Gasteiger partial charge in [0, 0.05) is 0 Å². The Morgan fingerprint density at radius 1 is 1.54 bits per heavy atom. The molecule has 0 saturated carbocycles. The van der Waals surface area contributed by atoms with E-state index in [0.29, 0.717) is 11.8 Å². The first-order chi connectivity index (χ1) is 6.33. The molecule has 1 heterocycles. The molecule has 0 aliphatic rings. The van der Waals surface area contributed by atoms with Crippen molar-refractivity contribution >= 4 is 17.3 Å². The van der Waals surface area contributed by atoms with E-state index in [1.165, 1.54) is 10.7 Å². The summed E-state index contributed by atoms with van der Waals surface area (Å²) in [5, 5.41) is 7.26. The zero-order valence-electron chi connectivity index (χ0n) is 6.64. The second kappa shape index (κ2) is 2.93. The summed E-state index contributed by atoms with van der Waals surface area (Å²) >= 11 is 0. The molecule has 0 amide bonds. The summed E-state index contributed by atoms with van der Waals surface area (Å²) in [7, 11) is 0. The number of carbonyl (C=O) groups excluding carboxylic acids is 1. The van der Waals surface area contributed by atoms with Crippen LogP contribution in [0.3, 0.4) is 0 Å². The number of halogens is 1. The number of rotatable bonds is 2. The van der Waals surface area contributed by atoms with Crippen molar-refractivity contribution in [2.24, 2.45) is 0 Å². The van der Waals surface area contributed by atoms with E-state index in [4.69, 9.17) is 0 Å². The Bertz CT molecular complexity index is 452. The molecule has 0 unspecified atom stereocenters. The largest absolute Gasteiger partial charge is 0.301 e. The predicted octanol–water partition coefficient (Wildman–Crippen LogP) is 0.769. The smallest absolute Gasteiger partial charge is 0.152 e. The molecule has 0 radical (unpaired) electrons. The minimum Gasteiger partial charge on any atom is -0.301 e. The Morgan fingerprint density at radius 3 is 3.15 bits per heavy atom. The van der Waals surface area contributed by atoms with Gasteiger partial charge in [-0.3, -0.25) is 0 Å². The van der Waals surface area contributed by atoms with Crippen LogP contribution >= 0.6 is 0 Å². The van der Waals surface area contributed by atoms with E-state index in [9.17, 15) is 9.18 Å². The lowest BCUT2D eigenvalue weighted by molar-refractivity contribution is -0.108. The molecule has 0 aliphatic carbocycles. The molecule has 2 rings (SSSR count). The summed E-state index contributed by atoms with van der Waals surface area (Å²) in [5.74, 6) is -0.422. The monoisotopic (exact) mass is 179 g/mol. The average molecular weight is 179 g/mol. The van der Waals surface area contributed by atoms with Crippen LogP contribution in [0.2, 0.25) is 0 Å². The van der Waals surface area contributed by atoms with Crippen LogP contribution in [0, 0.1) is 5.82 Å². The van der Waals surface area contributed by atoms with Crippen molar-refractivity contribution in [1.82, 2.24) is 15.0 Å². The lowest BCUT2D eigenvalue weighted by atomic mass is 10.3. The third-order valence-corrected chi connectivity index (χ3v) is 1.74. The standard InChI is InChI=1S/C8H6FN3O/c9-6-2-1-3-7-8(6)10-11-12(7)4-5-13/h1-3,5H,4H2. The Balaban J connectivity index is 2.67. The summed E-state index contributed by atoms with van der Waals surface area (Å²) in [6.07, 6.45) is 0.693. The zero-order chi connectivity index (χ0) is 9.26. The first kappa shape index (κ1) is 7.85. The van der Waals surface area contributed by atoms with Crippen molar-refractivity contribution in [2.45, 2.75) is 6.54 Å². The van der Waals surface area contributed by atoms with E-state index in [1.807, 2.05) is 0 Å². The zero-order valence-corrected chi connectivity index (χ0v) is 6.64. The third kappa shape index (κ3) is 1.18. The Morgan fingerprint density at radius 2 is 2.38 bits per heavy atom. The molecule has 0 spiro atoms. The number of hydrogen-bond acceptors (Lipinski definition) is 3. The van der Waals surface area contributed by atoms with Crippen LogP contribution in [0.15, 0.2) is 18.2 Å². The van der Waals surface area contributed by atoms with Gasteiger partial charge in [-0.25, -0.2) is 9.07 Å². The molecule has 0 N–H and O–H groups in total. The minimum absolute atomic E-state index is 0.0972. The Hall–Kier alpha value is -1.78. The Labute approximate surface area is 73.0 Å². The maximum atomic E-state index is 13.0. The SMILES string of the molecule is O=CCn1nnc2c(F)cccc21. The van der Waals surface area contributed by atoms with Crippen LogP contribution < -0.4 is 0 Å². The van der Waals surface area contributed by atoms with Crippen LogP contribution in [0.25, 0.3) is 11.0 Å². The maximum Gasteiger partial charge on any atom is 0.152 e. The summed E-state index contributed by atoms with van der Waals surface area (Å²) in [6, 6.07) is 4.53. The lowest BCUT2D eigenvalue weighted by Crippen LogP contribution is -2.00. The molecule has 1 aromatic carbocycles. The highest BCUT2D eigenvalue weighted by atomic mass is 19.1. The number of hydrogen-bond donors (Lipinski definition) is 0. The van der Waals surface area contributed by atoms with Crippen molar-refractivity contribution in [1.29, 1.82) is 0 Å². The van der Waals surface area contributed by atoms with E-state index >= 15 is 0 Å². The van der Waals surface area contributed by atoms with Crippen molar-refractivity contribution in [3.63, 3.8) is 0 Å². The van der Waals surface area contributed by atoms with E-state index in [1.54, 1.807) is 12.1 Å². The lowest BCUT2D eigenvalue weighted by Gasteiger charge is -1.93. The van der Waals surface area contributed by atoms with Crippen LogP contribution in [0.1, 0.15) is 0 Å². The number of nitrogens with zero attached hydrogens (tertiary/aromatic N) is 3. The first-order valence-corrected chi connectivity index (χ1v) is 3.74. The van der Waals surface area contributed by atoms with Gasteiger partial charge in [0.25, 0.3) is 0 Å². The molecule has 4 nitrogen and oxygen atoms in total. The Kier molecular flexibility index (Phi) is 1.77. The maximum absolute atomic E-state index is 13.0. The molecule has 66 valence electrons. The van der Waals surface area contributed by atoms with Gasteiger partial charge in [0.05, 0.1) is 12.1 Å². The van der Waals surface area contributed by atoms with E-state index in [-0.39, 0.29) is 12.1 Å². The fraction of sp³-hybridized carbons (Fsp3) is 0.125. The van der Waals surface area contributed by atoms with E-state index in [2.05, 4.69) is 10.3 Å². The van der Waals surface area contributed by atoms with Crippen LogP contribution in [-0.2, 0) is 11.3 Å². The summed E-state index contributed by atoms with van der Waals surface area (Å²) in [4.78, 5) is 10.2. The van der Waals surface area contributed by atoms with Crippen molar-refractivity contribution in [2.75, 3.05) is 0 Å². The van der Waals surface area contributed by atoms with Gasteiger partial charge in [-0.2, -0.15) is 0 Å². The molecule has 0 bridgehead atoms. The third-order valence-electron chi connectivity index (χ3n) is 1.74.